The minimum atomic E-state index is -0.0590. The Hall–Kier alpha value is -2.75. The molecule has 0 atom stereocenters. The fourth-order valence-corrected chi connectivity index (χ4v) is 3.88. The first kappa shape index (κ1) is 18.6. The van der Waals surface area contributed by atoms with Crippen molar-refractivity contribution in [3.05, 3.63) is 64.8 Å². The molecule has 1 aliphatic carbocycles. The van der Waals surface area contributed by atoms with E-state index < -0.39 is 0 Å². The van der Waals surface area contributed by atoms with Gasteiger partial charge in [-0.05, 0) is 79.6 Å². The molecule has 146 valence electrons. The molecule has 4 nitrogen and oxygen atoms in total. The van der Waals surface area contributed by atoms with Gasteiger partial charge in [-0.15, -0.1) is 0 Å². The Kier molecular flexibility index (Phi) is 5.65. The van der Waals surface area contributed by atoms with E-state index >= 15 is 0 Å². The lowest BCUT2D eigenvalue weighted by Crippen LogP contribution is -2.22. The summed E-state index contributed by atoms with van der Waals surface area (Å²) in [4.78, 5) is 16.0. The van der Waals surface area contributed by atoms with Crippen molar-refractivity contribution in [2.45, 2.75) is 52.0 Å². The minimum Gasteiger partial charge on any atom is -0.494 e. The van der Waals surface area contributed by atoms with Gasteiger partial charge in [-0.3, -0.25) is 4.79 Å². The number of nitrogens with one attached hydrogen (secondary N) is 2. The number of fused-ring (bicyclic) bond motifs is 3. The van der Waals surface area contributed by atoms with Crippen LogP contribution in [0.4, 0.5) is 0 Å². The van der Waals surface area contributed by atoms with Gasteiger partial charge in [-0.25, -0.2) is 0 Å². The second kappa shape index (κ2) is 8.51. The third-order valence-corrected chi connectivity index (χ3v) is 5.50. The van der Waals surface area contributed by atoms with Crippen LogP contribution in [0.5, 0.6) is 5.75 Å². The second-order valence-corrected chi connectivity index (χ2v) is 7.58. The lowest BCUT2D eigenvalue weighted by Gasteiger charge is -2.11. The summed E-state index contributed by atoms with van der Waals surface area (Å²) in [6, 6.07) is 13.8. The third kappa shape index (κ3) is 4.06. The minimum absolute atomic E-state index is 0.0590. The Balaban J connectivity index is 1.39. The quantitative estimate of drug-likeness (QED) is 0.560. The monoisotopic (exact) mass is 376 g/mol. The van der Waals surface area contributed by atoms with E-state index in [1.807, 2.05) is 24.3 Å². The maximum atomic E-state index is 12.5. The summed E-state index contributed by atoms with van der Waals surface area (Å²) in [7, 11) is 0. The van der Waals surface area contributed by atoms with Gasteiger partial charge in [0.25, 0.3) is 5.91 Å². The first-order valence-electron chi connectivity index (χ1n) is 10.4. The highest BCUT2D eigenvalue weighted by molar-refractivity contribution is 5.94. The Morgan fingerprint density at radius 3 is 2.75 bits per heavy atom. The van der Waals surface area contributed by atoms with Gasteiger partial charge in [0, 0.05) is 28.7 Å². The maximum Gasteiger partial charge on any atom is 0.251 e. The number of aryl methyl sites for hydroxylation is 2. The largest absolute Gasteiger partial charge is 0.494 e. The van der Waals surface area contributed by atoms with Crippen LogP contribution in [0.3, 0.4) is 0 Å². The molecular weight excluding hydrogens is 348 g/mol. The standard InChI is InChI=1S/C24H28N2O2/c1-2-3-14-28-19-11-9-18(10-12-19)24(27)25-16-17-8-13-23-21(15-17)20-6-4-5-7-22(20)26-23/h8-13,15,26H,2-7,14,16H2,1H3,(H,25,27). The van der Waals surface area contributed by atoms with Crippen LogP contribution < -0.4 is 10.1 Å². The summed E-state index contributed by atoms with van der Waals surface area (Å²) in [5.74, 6) is 0.754. The van der Waals surface area contributed by atoms with E-state index in [4.69, 9.17) is 4.74 Å². The molecule has 1 heterocycles. The van der Waals surface area contributed by atoms with Crippen molar-refractivity contribution in [1.82, 2.24) is 10.3 Å². The van der Waals surface area contributed by atoms with Crippen LogP contribution in [0.1, 0.15) is 59.8 Å². The highest BCUT2D eigenvalue weighted by Gasteiger charge is 2.15. The zero-order valence-electron chi connectivity index (χ0n) is 16.5. The number of unbranched alkanes of at least 4 members (excludes halogenated alkanes) is 1. The molecule has 0 bridgehead atoms. The van der Waals surface area contributed by atoms with Crippen LogP contribution in [0.15, 0.2) is 42.5 Å². The molecule has 2 aromatic carbocycles. The van der Waals surface area contributed by atoms with Crippen molar-refractivity contribution < 1.29 is 9.53 Å². The summed E-state index contributed by atoms with van der Waals surface area (Å²) in [5.41, 5.74) is 5.85. The number of hydrogen-bond acceptors (Lipinski definition) is 2. The lowest BCUT2D eigenvalue weighted by atomic mass is 9.95. The van der Waals surface area contributed by atoms with Crippen LogP contribution in [-0.2, 0) is 19.4 Å². The highest BCUT2D eigenvalue weighted by Crippen LogP contribution is 2.29. The fraction of sp³-hybridized carbons (Fsp3) is 0.375. The zero-order valence-corrected chi connectivity index (χ0v) is 16.5. The molecule has 0 spiro atoms. The number of ether oxygens (including phenoxy) is 1. The molecule has 28 heavy (non-hydrogen) atoms. The Labute approximate surface area is 166 Å². The van der Waals surface area contributed by atoms with E-state index in [1.165, 1.54) is 35.0 Å². The van der Waals surface area contributed by atoms with Gasteiger partial charge in [0.15, 0.2) is 0 Å². The van der Waals surface area contributed by atoms with Gasteiger partial charge in [0.2, 0.25) is 0 Å². The van der Waals surface area contributed by atoms with Crippen LogP contribution in [-0.4, -0.2) is 17.5 Å². The molecule has 1 aromatic heterocycles. The summed E-state index contributed by atoms with van der Waals surface area (Å²) in [6.07, 6.45) is 6.98. The maximum absolute atomic E-state index is 12.5. The van der Waals surface area contributed by atoms with Crippen molar-refractivity contribution in [2.24, 2.45) is 0 Å². The molecule has 0 aliphatic heterocycles. The number of carbonyl (C=O) groups excluding carboxylic acids is 1. The number of H-pyrrole nitrogens is 1. The fourth-order valence-electron chi connectivity index (χ4n) is 3.88. The number of rotatable bonds is 7. The van der Waals surface area contributed by atoms with Gasteiger partial charge >= 0.3 is 0 Å². The van der Waals surface area contributed by atoms with Crippen LogP contribution >= 0.6 is 0 Å². The predicted molar refractivity (Wildman–Crippen MR) is 113 cm³/mol. The van der Waals surface area contributed by atoms with Gasteiger partial charge in [-0.2, -0.15) is 0 Å². The summed E-state index contributed by atoms with van der Waals surface area (Å²) in [6.45, 7) is 3.39. The third-order valence-electron chi connectivity index (χ3n) is 5.50. The number of amides is 1. The summed E-state index contributed by atoms with van der Waals surface area (Å²) >= 11 is 0. The van der Waals surface area contributed by atoms with Crippen molar-refractivity contribution in [3.63, 3.8) is 0 Å². The average molecular weight is 377 g/mol. The van der Waals surface area contributed by atoms with Crippen molar-refractivity contribution in [3.8, 4) is 5.75 Å². The number of aromatic nitrogens is 1. The number of carbonyl (C=O) groups is 1. The van der Waals surface area contributed by atoms with E-state index in [2.05, 4.69) is 35.4 Å². The molecule has 0 fully saturated rings. The van der Waals surface area contributed by atoms with E-state index in [0.717, 1.165) is 37.0 Å². The Bertz CT molecular complexity index is 957. The molecule has 1 amide bonds. The number of hydrogen-bond donors (Lipinski definition) is 2. The zero-order chi connectivity index (χ0) is 19.3. The van der Waals surface area contributed by atoms with E-state index in [0.29, 0.717) is 18.7 Å². The van der Waals surface area contributed by atoms with Gasteiger partial charge in [-0.1, -0.05) is 19.4 Å². The Morgan fingerprint density at radius 2 is 1.93 bits per heavy atom. The normalized spacial score (nSPS) is 13.3. The lowest BCUT2D eigenvalue weighted by molar-refractivity contribution is 0.0951. The predicted octanol–water partition coefficient (Wildman–Crippen LogP) is 5.16. The van der Waals surface area contributed by atoms with E-state index in [-0.39, 0.29) is 5.91 Å². The SMILES string of the molecule is CCCCOc1ccc(C(=O)NCc2ccc3[nH]c4c(c3c2)CCCC4)cc1. The molecule has 0 radical (unpaired) electrons. The van der Waals surface area contributed by atoms with Crippen molar-refractivity contribution in [2.75, 3.05) is 6.61 Å². The van der Waals surface area contributed by atoms with Crippen molar-refractivity contribution in [1.29, 1.82) is 0 Å². The van der Waals surface area contributed by atoms with Crippen molar-refractivity contribution >= 4 is 16.8 Å². The van der Waals surface area contributed by atoms with Crippen LogP contribution in [0.25, 0.3) is 10.9 Å². The molecule has 2 N–H and O–H groups in total. The molecule has 3 aromatic rings. The molecule has 0 saturated heterocycles. The molecule has 0 saturated carbocycles. The topological polar surface area (TPSA) is 54.1 Å². The first-order valence-corrected chi connectivity index (χ1v) is 10.4. The molecular formula is C24H28N2O2. The summed E-state index contributed by atoms with van der Waals surface area (Å²) in [5, 5.41) is 4.35. The molecule has 4 rings (SSSR count). The highest BCUT2D eigenvalue weighted by atomic mass is 16.5. The van der Waals surface area contributed by atoms with Gasteiger partial charge in [0.05, 0.1) is 6.61 Å². The number of aromatic amines is 1. The molecule has 1 aliphatic rings. The summed E-state index contributed by atoms with van der Waals surface area (Å²) < 4.78 is 5.65. The molecule has 0 unspecified atom stereocenters. The van der Waals surface area contributed by atoms with Gasteiger partial charge < -0.3 is 15.0 Å². The van der Waals surface area contributed by atoms with E-state index in [1.54, 1.807) is 0 Å². The van der Waals surface area contributed by atoms with Gasteiger partial charge in [0.1, 0.15) is 5.75 Å². The average Bonchev–Trinajstić information content (AvgIpc) is 3.11. The van der Waals surface area contributed by atoms with Crippen LogP contribution in [0, 0.1) is 0 Å². The van der Waals surface area contributed by atoms with Crippen LogP contribution in [0.2, 0.25) is 0 Å². The van der Waals surface area contributed by atoms with E-state index in [9.17, 15) is 4.79 Å². The smallest absolute Gasteiger partial charge is 0.251 e. The molecule has 4 heteroatoms. The Morgan fingerprint density at radius 1 is 1.11 bits per heavy atom. The number of benzene rings is 2. The first-order chi connectivity index (χ1) is 13.7. The second-order valence-electron chi connectivity index (χ2n) is 7.58.